The maximum atomic E-state index is 5.74. The average Bonchev–Trinajstić information content (AvgIpc) is 2.96. The topological polar surface area (TPSA) is 87.1 Å². The van der Waals surface area contributed by atoms with E-state index in [2.05, 4.69) is 15.1 Å². The molecule has 21 heavy (non-hydrogen) atoms. The lowest BCUT2D eigenvalue weighted by molar-refractivity contribution is 0.403. The van der Waals surface area contributed by atoms with Crippen LogP contribution in [0.5, 0.6) is 5.75 Å². The van der Waals surface area contributed by atoms with E-state index in [4.69, 9.17) is 15.0 Å². The monoisotopic (exact) mass is 282 g/mol. The molecule has 0 amide bonds. The predicted molar refractivity (Wildman–Crippen MR) is 77.7 cm³/mol. The Bertz CT molecular complexity index is 740. The number of ether oxygens (including phenoxy) is 1. The molecular formula is C15H14N4O2. The molecule has 0 aliphatic heterocycles. The van der Waals surface area contributed by atoms with Gasteiger partial charge in [-0.25, -0.2) is 0 Å². The Labute approximate surface area is 121 Å². The Kier molecular flexibility index (Phi) is 3.51. The smallest absolute Gasteiger partial charge is 0.261 e. The summed E-state index contributed by atoms with van der Waals surface area (Å²) in [5.74, 6) is 1.63. The summed E-state index contributed by atoms with van der Waals surface area (Å²) in [5, 5.41) is 3.99. The number of nitrogens with two attached hydrogens (primary N) is 1. The minimum atomic E-state index is 0.413. The van der Waals surface area contributed by atoms with Crippen LogP contribution in [-0.2, 0) is 6.42 Å². The minimum absolute atomic E-state index is 0.413. The summed E-state index contributed by atoms with van der Waals surface area (Å²) in [7, 11) is 1.58. The highest BCUT2D eigenvalue weighted by Gasteiger charge is 2.14. The zero-order valence-electron chi connectivity index (χ0n) is 11.5. The zero-order chi connectivity index (χ0) is 14.7. The van der Waals surface area contributed by atoms with Crippen molar-refractivity contribution >= 4 is 5.69 Å². The van der Waals surface area contributed by atoms with E-state index >= 15 is 0 Å². The largest absolute Gasteiger partial charge is 0.496 e. The Morgan fingerprint density at radius 2 is 2.00 bits per heavy atom. The van der Waals surface area contributed by atoms with E-state index in [0.29, 0.717) is 29.6 Å². The van der Waals surface area contributed by atoms with Crippen LogP contribution in [0.1, 0.15) is 11.4 Å². The molecule has 0 saturated heterocycles. The van der Waals surface area contributed by atoms with E-state index in [1.165, 1.54) is 0 Å². The molecule has 0 aliphatic rings. The van der Waals surface area contributed by atoms with Gasteiger partial charge >= 0.3 is 0 Å². The molecule has 106 valence electrons. The molecule has 2 heterocycles. The lowest BCUT2D eigenvalue weighted by atomic mass is 10.1. The summed E-state index contributed by atoms with van der Waals surface area (Å²) in [4.78, 5) is 8.37. The van der Waals surface area contributed by atoms with Crippen LogP contribution in [-0.4, -0.2) is 22.2 Å². The van der Waals surface area contributed by atoms with E-state index in [9.17, 15) is 0 Å². The van der Waals surface area contributed by atoms with Crippen molar-refractivity contribution in [3.8, 4) is 17.2 Å². The number of methoxy groups -OCH3 is 1. The summed E-state index contributed by atoms with van der Waals surface area (Å²) in [6, 6.07) is 9.13. The highest BCUT2D eigenvalue weighted by molar-refractivity contribution is 5.66. The first-order valence-corrected chi connectivity index (χ1v) is 6.41. The number of rotatable bonds is 4. The summed E-state index contributed by atoms with van der Waals surface area (Å²) in [6.07, 6.45) is 4.06. The van der Waals surface area contributed by atoms with Gasteiger partial charge in [0, 0.05) is 30.6 Å². The number of nitrogen functional groups attached to an aromatic ring is 1. The maximum absolute atomic E-state index is 5.74. The average molecular weight is 282 g/mol. The first-order valence-electron chi connectivity index (χ1n) is 6.41. The lowest BCUT2D eigenvalue weighted by Gasteiger charge is -2.05. The Hall–Kier alpha value is -2.89. The summed E-state index contributed by atoms with van der Waals surface area (Å²) < 4.78 is 10.6. The molecule has 0 atom stereocenters. The summed E-state index contributed by atoms with van der Waals surface area (Å²) in [5.41, 5.74) is 8.15. The first kappa shape index (κ1) is 13.1. The van der Waals surface area contributed by atoms with Gasteiger partial charge in [0.15, 0.2) is 5.82 Å². The van der Waals surface area contributed by atoms with Crippen LogP contribution in [0.25, 0.3) is 11.5 Å². The Balaban J connectivity index is 1.88. The molecule has 0 radical (unpaired) electrons. The van der Waals surface area contributed by atoms with Crippen molar-refractivity contribution in [1.29, 1.82) is 0 Å². The van der Waals surface area contributed by atoms with E-state index in [0.717, 1.165) is 11.1 Å². The van der Waals surface area contributed by atoms with Crippen LogP contribution >= 0.6 is 0 Å². The van der Waals surface area contributed by atoms with Crippen LogP contribution in [0.3, 0.4) is 0 Å². The standard InChI is InChI=1S/C15H14N4O2/c1-20-13-9-11(16)2-3-12(13)15-18-14(19-21-15)8-10-4-6-17-7-5-10/h2-7,9H,8,16H2,1H3. The van der Waals surface area contributed by atoms with E-state index in [1.54, 1.807) is 37.7 Å². The molecule has 3 rings (SSSR count). The molecule has 2 aromatic heterocycles. The lowest BCUT2D eigenvalue weighted by Crippen LogP contribution is -1.93. The molecule has 3 aromatic rings. The van der Waals surface area contributed by atoms with Crippen molar-refractivity contribution in [3.63, 3.8) is 0 Å². The van der Waals surface area contributed by atoms with Crippen molar-refractivity contribution in [2.75, 3.05) is 12.8 Å². The van der Waals surface area contributed by atoms with Crippen molar-refractivity contribution in [2.24, 2.45) is 0 Å². The minimum Gasteiger partial charge on any atom is -0.496 e. The number of benzene rings is 1. The number of pyridine rings is 1. The number of anilines is 1. The highest BCUT2D eigenvalue weighted by Crippen LogP contribution is 2.30. The van der Waals surface area contributed by atoms with Crippen LogP contribution in [0.4, 0.5) is 5.69 Å². The normalized spacial score (nSPS) is 10.5. The van der Waals surface area contributed by atoms with Crippen LogP contribution in [0, 0.1) is 0 Å². The van der Waals surface area contributed by atoms with E-state index < -0.39 is 0 Å². The van der Waals surface area contributed by atoms with Crippen molar-refractivity contribution in [1.82, 2.24) is 15.1 Å². The second-order valence-corrected chi connectivity index (χ2v) is 4.51. The van der Waals surface area contributed by atoms with Gasteiger partial charge in [0.2, 0.25) is 0 Å². The van der Waals surface area contributed by atoms with Gasteiger partial charge in [-0.3, -0.25) is 4.98 Å². The molecule has 0 spiro atoms. The molecule has 0 saturated carbocycles. The summed E-state index contributed by atoms with van der Waals surface area (Å²) in [6.45, 7) is 0. The number of nitrogens with zero attached hydrogens (tertiary/aromatic N) is 3. The second-order valence-electron chi connectivity index (χ2n) is 4.51. The van der Waals surface area contributed by atoms with Crippen LogP contribution < -0.4 is 10.5 Å². The second kappa shape index (κ2) is 5.62. The fraction of sp³-hybridized carbons (Fsp3) is 0.133. The molecule has 0 fully saturated rings. The number of hydrogen-bond donors (Lipinski definition) is 1. The van der Waals surface area contributed by atoms with Gasteiger partial charge in [0.25, 0.3) is 5.89 Å². The van der Waals surface area contributed by atoms with Gasteiger partial charge < -0.3 is 15.0 Å². The van der Waals surface area contributed by atoms with Gasteiger partial charge in [-0.2, -0.15) is 4.98 Å². The molecule has 0 bridgehead atoms. The third-order valence-electron chi connectivity index (χ3n) is 3.04. The van der Waals surface area contributed by atoms with Crippen LogP contribution in [0.2, 0.25) is 0 Å². The fourth-order valence-corrected chi connectivity index (χ4v) is 2.00. The highest BCUT2D eigenvalue weighted by atomic mass is 16.5. The van der Waals surface area contributed by atoms with E-state index in [-0.39, 0.29) is 0 Å². The Morgan fingerprint density at radius 3 is 2.76 bits per heavy atom. The van der Waals surface area contributed by atoms with Crippen molar-refractivity contribution < 1.29 is 9.26 Å². The molecule has 0 aliphatic carbocycles. The molecular weight excluding hydrogens is 268 g/mol. The van der Waals surface area contributed by atoms with E-state index in [1.807, 2.05) is 12.1 Å². The molecule has 6 nitrogen and oxygen atoms in total. The third kappa shape index (κ3) is 2.84. The quantitative estimate of drug-likeness (QED) is 0.739. The molecule has 6 heteroatoms. The third-order valence-corrected chi connectivity index (χ3v) is 3.04. The molecule has 2 N–H and O–H groups in total. The maximum Gasteiger partial charge on any atom is 0.261 e. The number of aromatic nitrogens is 3. The Morgan fingerprint density at radius 1 is 1.19 bits per heavy atom. The van der Waals surface area contributed by atoms with Gasteiger partial charge in [0.05, 0.1) is 12.7 Å². The SMILES string of the molecule is COc1cc(N)ccc1-c1nc(Cc2ccncc2)no1. The molecule has 1 aromatic carbocycles. The van der Waals surface area contributed by atoms with Gasteiger partial charge in [-0.05, 0) is 29.8 Å². The van der Waals surface area contributed by atoms with Crippen LogP contribution in [0.15, 0.2) is 47.2 Å². The number of hydrogen-bond acceptors (Lipinski definition) is 6. The van der Waals surface area contributed by atoms with Crippen molar-refractivity contribution in [3.05, 3.63) is 54.1 Å². The first-order chi connectivity index (χ1) is 10.3. The van der Waals surface area contributed by atoms with Gasteiger partial charge in [0.1, 0.15) is 5.75 Å². The summed E-state index contributed by atoms with van der Waals surface area (Å²) >= 11 is 0. The van der Waals surface area contributed by atoms with Gasteiger partial charge in [-0.1, -0.05) is 5.16 Å². The van der Waals surface area contributed by atoms with Crippen molar-refractivity contribution in [2.45, 2.75) is 6.42 Å². The predicted octanol–water partition coefficient (Wildman–Crippen LogP) is 2.31. The van der Waals surface area contributed by atoms with Gasteiger partial charge in [-0.15, -0.1) is 0 Å². The molecule has 0 unspecified atom stereocenters. The fourth-order valence-electron chi connectivity index (χ4n) is 2.00. The zero-order valence-corrected chi connectivity index (χ0v) is 11.5.